The van der Waals surface area contributed by atoms with Crippen LogP contribution < -0.4 is 9.64 Å². The van der Waals surface area contributed by atoms with Crippen molar-refractivity contribution >= 4 is 11.9 Å². The van der Waals surface area contributed by atoms with Crippen LogP contribution in [0.15, 0.2) is 18.3 Å². The molecule has 0 aliphatic carbocycles. The Bertz CT molecular complexity index is 636. The van der Waals surface area contributed by atoms with Gasteiger partial charge in [-0.05, 0) is 39.7 Å². The van der Waals surface area contributed by atoms with Crippen LogP contribution in [-0.4, -0.2) is 67.1 Å². The monoisotopic (exact) mass is 363 g/mol. The number of anilines is 1. The number of nitrogens with zero attached hydrogens (tertiary/aromatic N) is 3. The summed E-state index contributed by atoms with van der Waals surface area (Å²) in [5.41, 5.74) is -0.704. The lowest BCUT2D eigenvalue weighted by molar-refractivity contribution is -0.0913. The maximum absolute atomic E-state index is 12.3. The van der Waals surface area contributed by atoms with E-state index in [0.29, 0.717) is 19.7 Å². The summed E-state index contributed by atoms with van der Waals surface area (Å²) in [7, 11) is 1.66. The zero-order valence-corrected chi connectivity index (χ0v) is 16.2. The molecule has 2 aliphatic heterocycles. The second-order valence-electron chi connectivity index (χ2n) is 7.97. The summed E-state index contributed by atoms with van der Waals surface area (Å²) in [6.07, 6.45) is 3.12. The van der Waals surface area contributed by atoms with Crippen molar-refractivity contribution in [3.8, 4) is 5.75 Å². The molecule has 3 rings (SSSR count). The Balaban J connectivity index is 1.62. The smallest absolute Gasteiger partial charge is 0.410 e. The maximum Gasteiger partial charge on any atom is 0.410 e. The Morgan fingerprint density at radius 3 is 2.65 bits per heavy atom. The number of carbonyl (C=O) groups is 1. The van der Waals surface area contributed by atoms with E-state index in [-0.39, 0.29) is 11.7 Å². The number of morpholine rings is 1. The summed E-state index contributed by atoms with van der Waals surface area (Å²) in [5, 5.41) is 0. The van der Waals surface area contributed by atoms with Gasteiger partial charge >= 0.3 is 6.09 Å². The molecule has 2 fully saturated rings. The van der Waals surface area contributed by atoms with Crippen molar-refractivity contribution in [3.63, 3.8) is 0 Å². The lowest BCUT2D eigenvalue weighted by Crippen LogP contribution is -2.58. The fourth-order valence-corrected chi connectivity index (χ4v) is 3.47. The third-order valence-electron chi connectivity index (χ3n) is 4.85. The van der Waals surface area contributed by atoms with E-state index in [4.69, 9.17) is 14.2 Å². The van der Waals surface area contributed by atoms with E-state index in [2.05, 4.69) is 9.88 Å². The first-order chi connectivity index (χ1) is 12.3. The number of aromatic nitrogens is 1. The fraction of sp³-hybridized carbons (Fsp3) is 0.684. The molecule has 26 heavy (non-hydrogen) atoms. The average Bonchev–Trinajstić information content (AvgIpc) is 2.61. The molecule has 2 saturated heterocycles. The van der Waals surface area contributed by atoms with E-state index in [1.54, 1.807) is 18.2 Å². The molecule has 1 amide bonds. The molecule has 0 aromatic carbocycles. The normalized spacial score (nSPS) is 20.2. The van der Waals surface area contributed by atoms with Gasteiger partial charge in [0.05, 0.1) is 19.3 Å². The predicted octanol–water partition coefficient (Wildman–Crippen LogP) is 2.70. The molecule has 0 atom stereocenters. The molecule has 0 N–H and O–H groups in total. The number of hydrogen-bond donors (Lipinski definition) is 0. The first-order valence-corrected chi connectivity index (χ1v) is 9.17. The summed E-state index contributed by atoms with van der Waals surface area (Å²) in [4.78, 5) is 20.8. The lowest BCUT2D eigenvalue weighted by atomic mass is 9.89. The minimum absolute atomic E-state index is 0.235. The highest BCUT2D eigenvalue weighted by atomic mass is 16.6. The number of carbonyl (C=O) groups excluding carboxylic acids is 1. The van der Waals surface area contributed by atoms with Gasteiger partial charge in [0, 0.05) is 38.4 Å². The number of rotatable bonds is 2. The van der Waals surface area contributed by atoms with Gasteiger partial charge < -0.3 is 24.0 Å². The van der Waals surface area contributed by atoms with Gasteiger partial charge in [-0.15, -0.1) is 0 Å². The molecule has 0 saturated carbocycles. The topological polar surface area (TPSA) is 64.1 Å². The summed E-state index contributed by atoms with van der Waals surface area (Å²) in [6.45, 7) is 9.19. The zero-order valence-electron chi connectivity index (χ0n) is 16.2. The van der Waals surface area contributed by atoms with E-state index in [9.17, 15) is 4.79 Å². The van der Waals surface area contributed by atoms with E-state index in [1.165, 1.54) is 0 Å². The second kappa shape index (κ2) is 7.31. The number of methoxy groups -OCH3 is 1. The first-order valence-electron chi connectivity index (χ1n) is 9.17. The molecule has 1 spiro atoms. The number of hydrogen-bond acceptors (Lipinski definition) is 6. The second-order valence-corrected chi connectivity index (χ2v) is 7.97. The molecular formula is C19H29N3O4. The van der Waals surface area contributed by atoms with Crippen LogP contribution in [0, 0.1) is 0 Å². The summed E-state index contributed by atoms with van der Waals surface area (Å²) < 4.78 is 17.0. The van der Waals surface area contributed by atoms with Crippen LogP contribution in [-0.2, 0) is 9.47 Å². The van der Waals surface area contributed by atoms with Gasteiger partial charge in [0.15, 0.2) is 0 Å². The average molecular weight is 363 g/mol. The predicted molar refractivity (Wildman–Crippen MR) is 98.7 cm³/mol. The molecule has 1 aromatic rings. The lowest BCUT2D eigenvalue weighted by Gasteiger charge is -2.47. The number of piperidine rings is 1. The van der Waals surface area contributed by atoms with Crippen LogP contribution in [0.3, 0.4) is 0 Å². The third-order valence-corrected chi connectivity index (χ3v) is 4.85. The number of amides is 1. The Labute approximate surface area is 155 Å². The summed E-state index contributed by atoms with van der Waals surface area (Å²) >= 11 is 0. The minimum Gasteiger partial charge on any atom is -0.497 e. The van der Waals surface area contributed by atoms with Crippen molar-refractivity contribution in [2.24, 2.45) is 0 Å². The van der Waals surface area contributed by atoms with Gasteiger partial charge in [-0.25, -0.2) is 9.78 Å². The molecule has 144 valence electrons. The van der Waals surface area contributed by atoms with Gasteiger partial charge in [0.25, 0.3) is 0 Å². The summed E-state index contributed by atoms with van der Waals surface area (Å²) in [5.74, 6) is 1.71. The van der Waals surface area contributed by atoms with Crippen LogP contribution in [0.4, 0.5) is 10.6 Å². The quantitative estimate of drug-likeness (QED) is 0.805. The van der Waals surface area contributed by atoms with Gasteiger partial charge in [-0.2, -0.15) is 0 Å². The van der Waals surface area contributed by atoms with Crippen molar-refractivity contribution in [2.45, 2.75) is 44.8 Å². The molecular weight excluding hydrogens is 334 g/mol. The maximum atomic E-state index is 12.3. The molecule has 3 heterocycles. The standard InChI is InChI=1S/C19H29N3O4/c1-18(2,3)26-17(23)21-9-6-19(7-10-21)14-22(11-12-25-19)16-13-15(24-4)5-8-20-16/h5,8,13H,6-7,9-12,14H2,1-4H3. The Morgan fingerprint density at radius 1 is 1.27 bits per heavy atom. The minimum atomic E-state index is -0.470. The van der Waals surface area contributed by atoms with Crippen molar-refractivity contribution in [2.75, 3.05) is 44.8 Å². The van der Waals surface area contributed by atoms with Crippen LogP contribution >= 0.6 is 0 Å². The van der Waals surface area contributed by atoms with E-state index < -0.39 is 5.60 Å². The van der Waals surface area contributed by atoms with Gasteiger partial charge in [0.2, 0.25) is 0 Å². The van der Waals surface area contributed by atoms with Crippen molar-refractivity contribution in [1.82, 2.24) is 9.88 Å². The molecule has 0 bridgehead atoms. The molecule has 7 nitrogen and oxygen atoms in total. The fourth-order valence-electron chi connectivity index (χ4n) is 3.47. The van der Waals surface area contributed by atoms with E-state index >= 15 is 0 Å². The van der Waals surface area contributed by atoms with Crippen LogP contribution in [0.1, 0.15) is 33.6 Å². The number of pyridine rings is 1. The Hall–Kier alpha value is -2.02. The van der Waals surface area contributed by atoms with Gasteiger partial charge in [-0.1, -0.05) is 0 Å². The van der Waals surface area contributed by atoms with Crippen LogP contribution in [0.25, 0.3) is 0 Å². The van der Waals surface area contributed by atoms with Crippen molar-refractivity contribution in [3.05, 3.63) is 18.3 Å². The molecule has 0 radical (unpaired) electrons. The molecule has 2 aliphatic rings. The van der Waals surface area contributed by atoms with Gasteiger partial charge in [-0.3, -0.25) is 0 Å². The third kappa shape index (κ3) is 4.38. The van der Waals surface area contributed by atoms with E-state index in [1.807, 2.05) is 32.9 Å². The highest BCUT2D eigenvalue weighted by molar-refractivity contribution is 5.68. The Morgan fingerprint density at radius 2 is 2.00 bits per heavy atom. The van der Waals surface area contributed by atoms with Crippen LogP contribution in [0.5, 0.6) is 5.75 Å². The van der Waals surface area contributed by atoms with Crippen molar-refractivity contribution < 1.29 is 19.0 Å². The molecule has 7 heteroatoms. The number of ether oxygens (including phenoxy) is 3. The zero-order chi connectivity index (χ0) is 18.8. The van der Waals surface area contributed by atoms with Crippen molar-refractivity contribution in [1.29, 1.82) is 0 Å². The molecule has 0 unspecified atom stereocenters. The summed E-state index contributed by atoms with van der Waals surface area (Å²) in [6, 6.07) is 3.80. The molecule has 1 aromatic heterocycles. The number of likely N-dealkylation sites (tertiary alicyclic amines) is 1. The van der Waals surface area contributed by atoms with E-state index in [0.717, 1.165) is 37.5 Å². The Kier molecular flexibility index (Phi) is 5.27. The SMILES string of the molecule is COc1ccnc(N2CCOC3(CCN(C(=O)OC(C)(C)C)CC3)C2)c1. The first kappa shape index (κ1) is 18.8. The van der Waals surface area contributed by atoms with Crippen LogP contribution in [0.2, 0.25) is 0 Å². The van der Waals surface area contributed by atoms with Gasteiger partial charge in [0.1, 0.15) is 17.2 Å². The highest BCUT2D eigenvalue weighted by Gasteiger charge is 2.41. The largest absolute Gasteiger partial charge is 0.497 e. The highest BCUT2D eigenvalue weighted by Crippen LogP contribution is 2.32.